The molecule has 3 N–H and O–H groups in total. The topological polar surface area (TPSA) is 67.7 Å². The average molecular weight is 320 g/mol. The van der Waals surface area contributed by atoms with Gasteiger partial charge in [-0.15, -0.1) is 0 Å². The Bertz CT molecular complexity index is 823. The van der Waals surface area contributed by atoms with Gasteiger partial charge in [-0.25, -0.2) is 4.98 Å². The molecule has 124 valence electrons. The van der Waals surface area contributed by atoms with Crippen LogP contribution in [-0.2, 0) is 0 Å². The third-order valence-corrected chi connectivity index (χ3v) is 4.47. The molecule has 0 bridgehead atoms. The summed E-state index contributed by atoms with van der Waals surface area (Å²) in [4.78, 5) is 4.44. The first-order valence-corrected chi connectivity index (χ1v) is 8.54. The monoisotopic (exact) mass is 320 g/mol. The molecule has 0 radical (unpaired) electrons. The maximum Gasteiger partial charge on any atom is 0.180 e. The molecule has 24 heavy (non-hydrogen) atoms. The van der Waals surface area contributed by atoms with Crippen LogP contribution >= 0.6 is 0 Å². The van der Waals surface area contributed by atoms with E-state index in [9.17, 15) is 0 Å². The molecule has 0 aliphatic heterocycles. The van der Waals surface area contributed by atoms with Crippen molar-refractivity contribution >= 4 is 23.1 Å². The first-order chi connectivity index (χ1) is 11.7. The van der Waals surface area contributed by atoms with Crippen LogP contribution in [0.2, 0.25) is 0 Å². The van der Waals surface area contributed by atoms with Gasteiger partial charge in [0, 0.05) is 6.20 Å². The number of hydrogen-bond acceptors (Lipinski definition) is 2. The molecule has 0 saturated heterocycles. The molecule has 4 nitrogen and oxygen atoms in total. The number of hydrogen-bond donors (Lipinski definition) is 2. The predicted molar refractivity (Wildman–Crippen MR) is 101 cm³/mol. The highest BCUT2D eigenvalue weighted by Crippen LogP contribution is 2.22. The van der Waals surface area contributed by atoms with Gasteiger partial charge in [0.15, 0.2) is 11.7 Å². The van der Waals surface area contributed by atoms with Crippen molar-refractivity contribution in [3.8, 4) is 0 Å². The molecule has 4 heteroatoms. The van der Waals surface area contributed by atoms with Crippen molar-refractivity contribution in [3.05, 3.63) is 60.0 Å². The van der Waals surface area contributed by atoms with E-state index in [-0.39, 0.29) is 5.84 Å². The molecular weight excluding hydrogens is 296 g/mol. The summed E-state index contributed by atoms with van der Waals surface area (Å²) in [5.41, 5.74) is 8.96. The molecule has 0 amide bonds. The van der Waals surface area contributed by atoms with E-state index in [4.69, 9.17) is 11.1 Å². The summed E-state index contributed by atoms with van der Waals surface area (Å²) in [5.74, 6) is 1.11. The Balaban J connectivity index is 1.68. The van der Waals surface area contributed by atoms with Crippen molar-refractivity contribution < 1.29 is 0 Å². The highest BCUT2D eigenvalue weighted by atomic mass is 15.1. The van der Waals surface area contributed by atoms with Crippen molar-refractivity contribution in [2.24, 2.45) is 11.7 Å². The summed E-state index contributed by atoms with van der Waals surface area (Å²) >= 11 is 0. The van der Waals surface area contributed by atoms with Crippen LogP contribution in [0.3, 0.4) is 0 Å². The first kappa shape index (κ1) is 16.2. The van der Waals surface area contributed by atoms with Gasteiger partial charge in [0.05, 0.1) is 11.0 Å². The molecule has 1 heterocycles. The maximum atomic E-state index is 7.73. The third-order valence-electron chi connectivity index (χ3n) is 4.47. The Morgan fingerprint density at radius 2 is 2.25 bits per heavy atom. The molecule has 0 saturated carbocycles. The number of nitrogens with zero attached hydrogens (tertiary/aromatic N) is 2. The number of rotatable bonds is 6. The minimum Gasteiger partial charge on any atom is -0.381 e. The lowest BCUT2D eigenvalue weighted by molar-refractivity contribution is 0.598. The number of benzene rings is 1. The van der Waals surface area contributed by atoms with E-state index in [1.807, 2.05) is 35.0 Å². The van der Waals surface area contributed by atoms with Gasteiger partial charge < -0.3 is 5.73 Å². The molecule has 1 aliphatic carbocycles. The van der Waals surface area contributed by atoms with Crippen molar-refractivity contribution in [1.29, 1.82) is 5.41 Å². The lowest BCUT2D eigenvalue weighted by Gasteiger charge is -2.14. The number of fused-ring (bicyclic) bond motifs is 1. The SMILES string of the molecule is CCC1=CCC(CC/C=C/n2c(C(=N)N)nc3ccccc32)C=C1. The van der Waals surface area contributed by atoms with Crippen LogP contribution in [0.5, 0.6) is 0 Å². The fraction of sp³-hybridized carbons (Fsp3) is 0.300. The van der Waals surface area contributed by atoms with Crippen LogP contribution < -0.4 is 5.73 Å². The van der Waals surface area contributed by atoms with Crippen LogP contribution in [0.1, 0.15) is 38.4 Å². The van der Waals surface area contributed by atoms with E-state index in [0.29, 0.717) is 11.7 Å². The van der Waals surface area contributed by atoms with Gasteiger partial charge in [-0.1, -0.05) is 48.9 Å². The number of allylic oxidation sites excluding steroid dienone is 5. The highest BCUT2D eigenvalue weighted by molar-refractivity contribution is 5.96. The highest BCUT2D eigenvalue weighted by Gasteiger charge is 2.11. The van der Waals surface area contributed by atoms with Gasteiger partial charge in [0.25, 0.3) is 0 Å². The van der Waals surface area contributed by atoms with Crippen molar-refractivity contribution in [2.45, 2.75) is 32.6 Å². The zero-order chi connectivity index (χ0) is 16.9. The number of aromatic nitrogens is 2. The van der Waals surface area contributed by atoms with E-state index in [0.717, 1.165) is 36.7 Å². The Kier molecular flexibility index (Phi) is 4.94. The summed E-state index contributed by atoms with van der Waals surface area (Å²) in [7, 11) is 0. The van der Waals surface area contributed by atoms with Gasteiger partial charge in [-0.05, 0) is 43.7 Å². The smallest absolute Gasteiger partial charge is 0.180 e. The van der Waals surface area contributed by atoms with E-state index < -0.39 is 0 Å². The maximum absolute atomic E-state index is 7.73. The molecule has 3 rings (SSSR count). The van der Waals surface area contributed by atoms with Gasteiger partial charge in [0.2, 0.25) is 0 Å². The van der Waals surface area contributed by atoms with Crippen LogP contribution in [0.4, 0.5) is 0 Å². The summed E-state index contributed by atoms with van der Waals surface area (Å²) in [6.45, 7) is 2.20. The fourth-order valence-corrected chi connectivity index (χ4v) is 3.06. The van der Waals surface area contributed by atoms with Crippen molar-refractivity contribution in [2.75, 3.05) is 0 Å². The van der Waals surface area contributed by atoms with Crippen molar-refractivity contribution in [3.63, 3.8) is 0 Å². The Hall–Kier alpha value is -2.62. The Morgan fingerprint density at radius 1 is 1.42 bits per heavy atom. The Morgan fingerprint density at radius 3 is 2.96 bits per heavy atom. The van der Waals surface area contributed by atoms with E-state index in [1.165, 1.54) is 5.57 Å². The lowest BCUT2D eigenvalue weighted by Crippen LogP contribution is -2.16. The van der Waals surface area contributed by atoms with Crippen LogP contribution in [0.15, 0.2) is 54.1 Å². The second kappa shape index (κ2) is 7.30. The molecular formula is C20H24N4. The molecule has 1 aliphatic rings. The Labute approximate surface area is 142 Å². The largest absolute Gasteiger partial charge is 0.381 e. The number of nitrogens with one attached hydrogen (secondary N) is 1. The predicted octanol–water partition coefficient (Wildman–Crippen LogP) is 4.48. The van der Waals surface area contributed by atoms with Gasteiger partial charge >= 0.3 is 0 Å². The number of nitrogen functional groups attached to an aromatic ring is 1. The minimum atomic E-state index is -0.0108. The van der Waals surface area contributed by atoms with Gasteiger partial charge in [-0.3, -0.25) is 9.98 Å². The van der Waals surface area contributed by atoms with Crippen molar-refractivity contribution in [1.82, 2.24) is 9.55 Å². The second-order valence-electron chi connectivity index (χ2n) is 6.16. The molecule has 1 unspecified atom stereocenters. The van der Waals surface area contributed by atoms with Crippen LogP contribution in [0.25, 0.3) is 17.2 Å². The van der Waals surface area contributed by atoms with E-state index in [2.05, 4.69) is 36.2 Å². The zero-order valence-corrected chi connectivity index (χ0v) is 14.1. The number of nitrogens with two attached hydrogens (primary N) is 1. The van der Waals surface area contributed by atoms with E-state index in [1.54, 1.807) is 0 Å². The number of amidine groups is 1. The molecule has 0 fully saturated rings. The molecule has 0 spiro atoms. The minimum absolute atomic E-state index is 0.0108. The summed E-state index contributed by atoms with van der Waals surface area (Å²) in [6.07, 6.45) is 15.5. The lowest BCUT2D eigenvalue weighted by atomic mass is 9.92. The number of para-hydroxylation sites is 2. The third kappa shape index (κ3) is 3.48. The van der Waals surface area contributed by atoms with Gasteiger partial charge in [0.1, 0.15) is 0 Å². The molecule has 1 aromatic heterocycles. The van der Waals surface area contributed by atoms with Crippen LogP contribution in [-0.4, -0.2) is 15.4 Å². The standard InChI is InChI=1S/C20H24N4/c1-2-15-10-12-16(13-11-15)7-5-6-14-24-18-9-4-3-8-17(18)23-20(24)19(21)22/h3-4,6,8-12,14,16H,2,5,7,13H2,1H3,(H3,21,22)/b14-6+. The summed E-state index contributed by atoms with van der Waals surface area (Å²) < 4.78 is 1.91. The molecule has 1 aromatic carbocycles. The van der Waals surface area contributed by atoms with Gasteiger partial charge in [-0.2, -0.15) is 0 Å². The quantitative estimate of drug-likeness (QED) is 0.608. The fourth-order valence-electron chi connectivity index (χ4n) is 3.06. The van der Waals surface area contributed by atoms with Crippen LogP contribution in [0, 0.1) is 11.3 Å². The molecule has 2 aromatic rings. The molecule has 1 atom stereocenters. The van der Waals surface area contributed by atoms with E-state index >= 15 is 0 Å². The average Bonchev–Trinajstić information content (AvgIpc) is 2.98. The normalized spacial score (nSPS) is 17.5. The zero-order valence-electron chi connectivity index (χ0n) is 14.1. The summed E-state index contributed by atoms with van der Waals surface area (Å²) in [6, 6.07) is 7.86. The summed E-state index contributed by atoms with van der Waals surface area (Å²) in [5, 5.41) is 7.73. The first-order valence-electron chi connectivity index (χ1n) is 8.54. The number of imidazole rings is 1. The second-order valence-corrected chi connectivity index (χ2v) is 6.16.